The number of rotatable bonds is 4. The predicted molar refractivity (Wildman–Crippen MR) is 126 cm³/mol. The summed E-state index contributed by atoms with van der Waals surface area (Å²) in [5.74, 6) is -0.313. The van der Waals surface area contributed by atoms with Crippen LogP contribution >= 0.6 is 34.8 Å². The van der Waals surface area contributed by atoms with Crippen LogP contribution in [0.15, 0.2) is 54.6 Å². The third kappa shape index (κ3) is 3.17. The van der Waals surface area contributed by atoms with Gasteiger partial charge in [0.2, 0.25) is 11.8 Å². The fourth-order valence-electron chi connectivity index (χ4n) is 6.03. The van der Waals surface area contributed by atoms with E-state index < -0.39 is 5.91 Å². The van der Waals surface area contributed by atoms with E-state index in [-0.39, 0.29) is 52.7 Å². The molecule has 168 valence electrons. The molecular formula is C25H19Cl3N2O3. The summed E-state index contributed by atoms with van der Waals surface area (Å²) in [6.45, 7) is -0.221. The normalized spacial score (nSPS) is 30.9. The van der Waals surface area contributed by atoms with E-state index in [0.717, 1.165) is 6.42 Å². The fourth-order valence-corrected chi connectivity index (χ4v) is 6.76. The third-order valence-corrected chi connectivity index (χ3v) is 8.45. The van der Waals surface area contributed by atoms with Crippen molar-refractivity contribution in [1.82, 2.24) is 4.90 Å². The molecule has 8 heteroatoms. The van der Waals surface area contributed by atoms with Crippen molar-refractivity contribution in [3.05, 3.63) is 75.2 Å². The summed E-state index contributed by atoms with van der Waals surface area (Å²) >= 11 is 18.8. The second-order valence-electron chi connectivity index (χ2n) is 9.21. The van der Waals surface area contributed by atoms with E-state index in [9.17, 15) is 14.4 Å². The topological polar surface area (TPSA) is 57.7 Å². The van der Waals surface area contributed by atoms with Gasteiger partial charge in [0.25, 0.3) is 5.91 Å². The largest absolute Gasteiger partial charge is 0.288 e. The van der Waals surface area contributed by atoms with E-state index >= 15 is 0 Å². The summed E-state index contributed by atoms with van der Waals surface area (Å²) in [5, 5.41) is 0.909. The van der Waals surface area contributed by atoms with Gasteiger partial charge in [0, 0.05) is 5.02 Å². The zero-order chi connectivity index (χ0) is 23.0. The van der Waals surface area contributed by atoms with E-state index in [1.807, 2.05) is 0 Å². The molecule has 2 aromatic rings. The van der Waals surface area contributed by atoms with Gasteiger partial charge in [-0.25, -0.2) is 0 Å². The minimum Gasteiger partial charge on any atom is -0.288 e. The van der Waals surface area contributed by atoms with Gasteiger partial charge in [0.05, 0.1) is 33.1 Å². The highest BCUT2D eigenvalue weighted by atomic mass is 35.5. The van der Waals surface area contributed by atoms with E-state index in [0.29, 0.717) is 27.6 Å². The first-order chi connectivity index (χ1) is 15.9. The highest BCUT2D eigenvalue weighted by Crippen LogP contribution is 2.65. The van der Waals surface area contributed by atoms with Gasteiger partial charge in [-0.05, 0) is 60.4 Å². The van der Waals surface area contributed by atoms with Crippen LogP contribution < -0.4 is 4.90 Å². The van der Waals surface area contributed by atoms with Gasteiger partial charge >= 0.3 is 0 Å². The Balaban J connectivity index is 1.37. The molecule has 3 amide bonds. The number of nitrogens with zero attached hydrogens (tertiary/aromatic N) is 2. The lowest BCUT2D eigenvalue weighted by Gasteiger charge is -2.37. The zero-order valence-corrected chi connectivity index (χ0v) is 19.6. The lowest BCUT2D eigenvalue weighted by Crippen LogP contribution is -2.45. The molecule has 4 aliphatic carbocycles. The van der Waals surface area contributed by atoms with Gasteiger partial charge in [0.15, 0.2) is 0 Å². The van der Waals surface area contributed by atoms with Crippen molar-refractivity contribution >= 4 is 58.2 Å². The van der Waals surface area contributed by atoms with Crippen molar-refractivity contribution in [2.24, 2.45) is 35.5 Å². The molecule has 0 spiro atoms. The standard InChI is InChI=1S/C25H19Cl3N2O3/c26-12-5-6-15(19(28)9-12)23(31)29(20-4-2-1-3-18(20)27)11-30-24(32)21-13-7-8-14(17-10-16(13)17)22(21)25(30)33/h1-9,13-14,16-17,21-22H,10-11H2. The van der Waals surface area contributed by atoms with Crippen LogP contribution in [0.5, 0.6) is 0 Å². The third-order valence-electron chi connectivity index (χ3n) is 7.59. The van der Waals surface area contributed by atoms with Gasteiger partial charge in [-0.3, -0.25) is 24.2 Å². The van der Waals surface area contributed by atoms with Gasteiger partial charge in [0.1, 0.15) is 6.67 Å². The SMILES string of the molecule is O=C1C2C3C=CC(C4CC34)C2C(=O)N1CN(C(=O)c1ccc(Cl)cc1Cl)c1ccccc1Cl. The molecule has 5 aliphatic rings. The lowest BCUT2D eigenvalue weighted by molar-refractivity contribution is -0.140. The van der Waals surface area contributed by atoms with Crippen molar-refractivity contribution in [3.8, 4) is 0 Å². The smallest absolute Gasteiger partial charge is 0.261 e. The van der Waals surface area contributed by atoms with E-state index in [1.165, 1.54) is 21.9 Å². The minimum absolute atomic E-state index is 0.113. The first-order valence-corrected chi connectivity index (χ1v) is 12.0. The molecule has 0 N–H and O–H groups in total. The van der Waals surface area contributed by atoms with Crippen molar-refractivity contribution in [2.75, 3.05) is 11.6 Å². The molecule has 2 bridgehead atoms. The van der Waals surface area contributed by atoms with E-state index in [2.05, 4.69) is 12.2 Å². The van der Waals surface area contributed by atoms with Crippen LogP contribution in [0, 0.1) is 35.5 Å². The molecule has 5 nitrogen and oxygen atoms in total. The molecule has 2 saturated carbocycles. The maximum absolute atomic E-state index is 13.6. The van der Waals surface area contributed by atoms with Crippen LogP contribution in [-0.4, -0.2) is 29.3 Å². The number of para-hydroxylation sites is 1. The monoisotopic (exact) mass is 500 g/mol. The van der Waals surface area contributed by atoms with Gasteiger partial charge in [-0.15, -0.1) is 0 Å². The summed E-state index contributed by atoms with van der Waals surface area (Å²) in [5.41, 5.74) is 0.607. The Labute approximate surface area is 205 Å². The number of carbonyl (C=O) groups is 3. The Morgan fingerprint density at radius 2 is 1.55 bits per heavy atom. The van der Waals surface area contributed by atoms with Crippen molar-refractivity contribution in [2.45, 2.75) is 6.42 Å². The number of halogens is 3. The van der Waals surface area contributed by atoms with Crippen molar-refractivity contribution in [3.63, 3.8) is 0 Å². The molecule has 1 saturated heterocycles. The van der Waals surface area contributed by atoms with Gasteiger partial charge in [-0.1, -0.05) is 59.1 Å². The summed E-state index contributed by atoms with van der Waals surface area (Å²) < 4.78 is 0. The fraction of sp³-hybridized carbons (Fsp3) is 0.320. The average molecular weight is 502 g/mol. The number of anilines is 1. The first-order valence-electron chi connectivity index (χ1n) is 10.9. The van der Waals surface area contributed by atoms with Gasteiger partial charge < -0.3 is 0 Å². The van der Waals surface area contributed by atoms with E-state index in [1.54, 1.807) is 30.3 Å². The van der Waals surface area contributed by atoms with Crippen LogP contribution in [-0.2, 0) is 9.59 Å². The molecule has 6 unspecified atom stereocenters. The maximum Gasteiger partial charge on any atom is 0.261 e. The molecule has 0 aromatic heterocycles. The Morgan fingerprint density at radius 3 is 2.15 bits per heavy atom. The molecule has 1 aliphatic heterocycles. The Morgan fingerprint density at radius 1 is 0.909 bits per heavy atom. The molecule has 1 heterocycles. The summed E-state index contributed by atoms with van der Waals surface area (Å²) in [6.07, 6.45) is 5.34. The molecule has 2 aromatic carbocycles. The number of amides is 3. The summed E-state index contributed by atoms with van der Waals surface area (Å²) in [4.78, 5) is 43.2. The quantitative estimate of drug-likeness (QED) is 0.422. The number of hydrogen-bond acceptors (Lipinski definition) is 3. The van der Waals surface area contributed by atoms with Crippen LogP contribution in [0.3, 0.4) is 0 Å². The van der Waals surface area contributed by atoms with Crippen LogP contribution in [0.4, 0.5) is 5.69 Å². The lowest BCUT2D eigenvalue weighted by atomic mass is 9.63. The summed E-state index contributed by atoms with van der Waals surface area (Å²) in [6, 6.07) is 11.4. The van der Waals surface area contributed by atoms with Crippen molar-refractivity contribution in [1.29, 1.82) is 0 Å². The Kier molecular flexibility index (Phi) is 4.88. The van der Waals surface area contributed by atoms with Crippen molar-refractivity contribution < 1.29 is 14.4 Å². The second-order valence-corrected chi connectivity index (χ2v) is 10.5. The highest BCUT2D eigenvalue weighted by molar-refractivity contribution is 6.38. The van der Waals surface area contributed by atoms with Crippen LogP contribution in [0.25, 0.3) is 0 Å². The maximum atomic E-state index is 13.6. The van der Waals surface area contributed by atoms with Crippen LogP contribution in [0.1, 0.15) is 16.8 Å². The molecule has 6 atom stereocenters. The molecule has 7 rings (SSSR count). The van der Waals surface area contributed by atoms with E-state index in [4.69, 9.17) is 34.8 Å². The molecule has 3 fully saturated rings. The number of benzene rings is 2. The predicted octanol–water partition coefficient (Wildman–Crippen LogP) is 5.30. The molecule has 0 radical (unpaired) electrons. The second kappa shape index (κ2) is 7.59. The number of likely N-dealkylation sites (tertiary alicyclic amines) is 1. The van der Waals surface area contributed by atoms with Gasteiger partial charge in [-0.2, -0.15) is 0 Å². The number of carbonyl (C=O) groups excluding carboxylic acids is 3. The molecular weight excluding hydrogens is 483 g/mol. The molecule has 33 heavy (non-hydrogen) atoms. The zero-order valence-electron chi connectivity index (χ0n) is 17.3. The number of hydrogen-bond donors (Lipinski definition) is 0. The average Bonchev–Trinajstić information content (AvgIpc) is 3.58. The minimum atomic E-state index is -0.468. The Bertz CT molecular complexity index is 1210. The Hall–Kier alpha value is -2.34. The first kappa shape index (κ1) is 21.2. The summed E-state index contributed by atoms with van der Waals surface area (Å²) in [7, 11) is 0. The highest BCUT2D eigenvalue weighted by Gasteiger charge is 2.67. The van der Waals surface area contributed by atoms with Crippen LogP contribution in [0.2, 0.25) is 15.1 Å². The number of imide groups is 1. The number of allylic oxidation sites excluding steroid dienone is 2.